The maximum atomic E-state index is 12.3. The molecule has 0 unspecified atom stereocenters. The Morgan fingerprint density at radius 3 is 2.35 bits per heavy atom. The molecule has 26 heavy (non-hydrogen) atoms. The van der Waals surface area contributed by atoms with E-state index >= 15 is 0 Å². The summed E-state index contributed by atoms with van der Waals surface area (Å²) < 4.78 is 31.6. The monoisotopic (exact) mass is 486 g/mol. The van der Waals surface area contributed by atoms with Gasteiger partial charge in [0.1, 0.15) is 18.9 Å². The second-order valence-corrected chi connectivity index (χ2v) is 8.57. The molecule has 8 heteroatoms. The van der Waals surface area contributed by atoms with Gasteiger partial charge >= 0.3 is 0 Å². The molecule has 0 saturated carbocycles. The van der Waals surface area contributed by atoms with Crippen LogP contribution in [0.25, 0.3) is 0 Å². The molecule has 0 fully saturated rings. The van der Waals surface area contributed by atoms with Crippen LogP contribution in [0, 0.1) is 3.57 Å². The first-order valence-corrected chi connectivity index (χ1v) is 10.6. The fraction of sp³-hybridized carbons (Fsp3) is 0.167. The molecular formula is C18H19IN2O4S. The van der Waals surface area contributed by atoms with Crippen LogP contribution in [0.15, 0.2) is 61.2 Å². The summed E-state index contributed by atoms with van der Waals surface area (Å²) in [6.45, 7) is 3.66. The Morgan fingerprint density at radius 2 is 1.81 bits per heavy atom. The van der Waals surface area contributed by atoms with Crippen molar-refractivity contribution in [2.45, 2.75) is 0 Å². The van der Waals surface area contributed by atoms with Crippen molar-refractivity contribution in [1.82, 2.24) is 0 Å². The van der Waals surface area contributed by atoms with Gasteiger partial charge in [0.2, 0.25) is 15.9 Å². The van der Waals surface area contributed by atoms with E-state index < -0.39 is 15.9 Å². The summed E-state index contributed by atoms with van der Waals surface area (Å²) in [5.74, 6) is 0.216. The SMILES string of the molecule is C=CCOc1ccc(NC(=O)CN(c2ccc(I)cc2)S(C)(=O)=O)cc1. The molecule has 0 aliphatic rings. The molecule has 2 aromatic carbocycles. The van der Waals surface area contributed by atoms with Crippen LogP contribution in [-0.2, 0) is 14.8 Å². The first kappa shape index (κ1) is 20.2. The third-order valence-corrected chi connectivity index (χ3v) is 5.17. The number of hydrogen-bond donors (Lipinski definition) is 1. The summed E-state index contributed by atoms with van der Waals surface area (Å²) in [7, 11) is -3.59. The zero-order valence-corrected chi connectivity index (χ0v) is 17.2. The molecule has 2 aromatic rings. The number of carbonyl (C=O) groups is 1. The predicted molar refractivity (Wildman–Crippen MR) is 112 cm³/mol. The molecule has 138 valence electrons. The normalized spacial score (nSPS) is 10.8. The average Bonchev–Trinajstić information content (AvgIpc) is 2.59. The maximum Gasteiger partial charge on any atom is 0.245 e. The molecule has 0 spiro atoms. The maximum absolute atomic E-state index is 12.3. The molecule has 2 rings (SSSR count). The highest BCUT2D eigenvalue weighted by molar-refractivity contribution is 14.1. The molecule has 0 heterocycles. The van der Waals surface area contributed by atoms with E-state index in [4.69, 9.17) is 4.74 Å². The van der Waals surface area contributed by atoms with E-state index in [1.54, 1.807) is 54.6 Å². The molecule has 0 aromatic heterocycles. The standard InChI is InChI=1S/C18H19IN2O4S/c1-3-12-25-17-10-6-15(7-11-17)20-18(22)13-21(26(2,23)24)16-8-4-14(19)5-9-16/h3-11H,1,12-13H2,2H3,(H,20,22). The third-order valence-electron chi connectivity index (χ3n) is 3.31. The average molecular weight is 486 g/mol. The van der Waals surface area contributed by atoms with E-state index in [-0.39, 0.29) is 6.54 Å². The van der Waals surface area contributed by atoms with E-state index in [1.807, 2.05) is 0 Å². The van der Waals surface area contributed by atoms with Gasteiger partial charge in [0, 0.05) is 9.26 Å². The fourth-order valence-electron chi connectivity index (χ4n) is 2.13. The summed E-state index contributed by atoms with van der Waals surface area (Å²) >= 11 is 2.13. The lowest BCUT2D eigenvalue weighted by atomic mass is 10.3. The van der Waals surface area contributed by atoms with Gasteiger partial charge in [-0.3, -0.25) is 9.10 Å². The van der Waals surface area contributed by atoms with Gasteiger partial charge in [0.25, 0.3) is 0 Å². The number of benzene rings is 2. The van der Waals surface area contributed by atoms with Gasteiger partial charge in [-0.25, -0.2) is 8.42 Å². The van der Waals surface area contributed by atoms with Gasteiger partial charge in [-0.2, -0.15) is 0 Å². The lowest BCUT2D eigenvalue weighted by Gasteiger charge is -2.22. The minimum atomic E-state index is -3.59. The molecule has 0 radical (unpaired) electrons. The van der Waals surface area contributed by atoms with Gasteiger partial charge < -0.3 is 10.1 Å². The van der Waals surface area contributed by atoms with Gasteiger partial charge in [-0.05, 0) is 71.1 Å². The molecule has 0 atom stereocenters. The number of anilines is 2. The van der Waals surface area contributed by atoms with Crippen molar-refractivity contribution in [3.63, 3.8) is 0 Å². The molecule has 0 bridgehead atoms. The second-order valence-electron chi connectivity index (χ2n) is 5.42. The summed E-state index contributed by atoms with van der Waals surface area (Å²) in [5, 5.41) is 2.69. The summed E-state index contributed by atoms with van der Waals surface area (Å²) in [6, 6.07) is 13.7. The highest BCUT2D eigenvalue weighted by Crippen LogP contribution is 2.20. The number of carbonyl (C=O) groups excluding carboxylic acids is 1. The van der Waals surface area contributed by atoms with Crippen molar-refractivity contribution in [3.05, 3.63) is 64.8 Å². The lowest BCUT2D eigenvalue weighted by molar-refractivity contribution is -0.114. The number of amides is 1. The topological polar surface area (TPSA) is 75.7 Å². The third kappa shape index (κ3) is 6.03. The minimum absolute atomic E-state index is 0.311. The van der Waals surface area contributed by atoms with E-state index in [0.29, 0.717) is 23.7 Å². The second kappa shape index (κ2) is 9.04. The number of ether oxygens (including phenoxy) is 1. The van der Waals surface area contributed by atoms with Crippen LogP contribution in [0.1, 0.15) is 0 Å². The van der Waals surface area contributed by atoms with E-state index in [1.165, 1.54) is 0 Å². The Labute approximate surface area is 167 Å². The van der Waals surface area contributed by atoms with Crippen LogP contribution >= 0.6 is 22.6 Å². The van der Waals surface area contributed by atoms with Crippen LogP contribution in [0.2, 0.25) is 0 Å². The Bertz CT molecular complexity index is 865. The fourth-order valence-corrected chi connectivity index (χ4v) is 3.34. The number of nitrogens with one attached hydrogen (secondary N) is 1. The molecular weight excluding hydrogens is 467 g/mol. The number of hydrogen-bond acceptors (Lipinski definition) is 4. The van der Waals surface area contributed by atoms with Crippen molar-refractivity contribution in [3.8, 4) is 5.75 Å². The summed E-state index contributed by atoms with van der Waals surface area (Å²) in [5.41, 5.74) is 0.994. The highest BCUT2D eigenvalue weighted by Gasteiger charge is 2.20. The first-order valence-electron chi connectivity index (χ1n) is 7.66. The van der Waals surface area contributed by atoms with Gasteiger partial charge in [0.15, 0.2) is 0 Å². The zero-order chi connectivity index (χ0) is 19.2. The lowest BCUT2D eigenvalue weighted by Crippen LogP contribution is -2.37. The summed E-state index contributed by atoms with van der Waals surface area (Å²) in [4.78, 5) is 12.3. The largest absolute Gasteiger partial charge is 0.490 e. The molecule has 0 aliphatic heterocycles. The minimum Gasteiger partial charge on any atom is -0.490 e. The molecule has 1 amide bonds. The predicted octanol–water partition coefficient (Wildman–Crippen LogP) is 3.26. The Kier molecular flexibility index (Phi) is 7.04. The Hall–Kier alpha value is -2.07. The Morgan fingerprint density at radius 1 is 1.19 bits per heavy atom. The van der Waals surface area contributed by atoms with Crippen LogP contribution in [0.4, 0.5) is 11.4 Å². The molecule has 6 nitrogen and oxygen atoms in total. The van der Waals surface area contributed by atoms with Crippen molar-refractivity contribution in [1.29, 1.82) is 0 Å². The highest BCUT2D eigenvalue weighted by atomic mass is 127. The van der Waals surface area contributed by atoms with E-state index in [9.17, 15) is 13.2 Å². The van der Waals surface area contributed by atoms with Gasteiger partial charge in [-0.1, -0.05) is 12.7 Å². The zero-order valence-electron chi connectivity index (χ0n) is 14.2. The molecule has 0 aliphatic carbocycles. The van der Waals surface area contributed by atoms with Crippen molar-refractivity contribution < 1.29 is 17.9 Å². The van der Waals surface area contributed by atoms with E-state index in [2.05, 4.69) is 34.5 Å². The first-order chi connectivity index (χ1) is 12.3. The number of halogens is 1. The van der Waals surface area contributed by atoms with Gasteiger partial charge in [0.05, 0.1) is 11.9 Å². The van der Waals surface area contributed by atoms with Crippen molar-refractivity contribution in [2.24, 2.45) is 0 Å². The Balaban J connectivity index is 2.07. The van der Waals surface area contributed by atoms with Crippen LogP contribution in [0.3, 0.4) is 0 Å². The smallest absolute Gasteiger partial charge is 0.245 e. The van der Waals surface area contributed by atoms with Gasteiger partial charge in [-0.15, -0.1) is 0 Å². The number of rotatable bonds is 8. The van der Waals surface area contributed by atoms with Crippen molar-refractivity contribution >= 4 is 49.9 Å². The van der Waals surface area contributed by atoms with Crippen molar-refractivity contribution in [2.75, 3.05) is 29.0 Å². The quantitative estimate of drug-likeness (QED) is 0.459. The molecule has 0 saturated heterocycles. The van der Waals surface area contributed by atoms with Crippen LogP contribution in [0.5, 0.6) is 5.75 Å². The number of sulfonamides is 1. The van der Waals surface area contributed by atoms with E-state index in [0.717, 1.165) is 14.1 Å². The van der Waals surface area contributed by atoms with Crippen LogP contribution < -0.4 is 14.4 Å². The summed E-state index contributed by atoms with van der Waals surface area (Å²) in [6.07, 6.45) is 2.71. The molecule has 1 N–H and O–H groups in total. The number of nitrogens with zero attached hydrogens (tertiary/aromatic N) is 1. The van der Waals surface area contributed by atoms with Crippen LogP contribution in [-0.4, -0.2) is 33.7 Å².